The van der Waals surface area contributed by atoms with Crippen molar-refractivity contribution in [3.05, 3.63) is 349 Å². The molecule has 0 aliphatic heterocycles. The molecule has 2 nitrogen and oxygen atoms in total. The smallest absolute Gasteiger partial charge is 0.0642 e. The first-order chi connectivity index (χ1) is 39.6. The van der Waals surface area contributed by atoms with Crippen LogP contribution in [0, 0.1) is 0 Å². The van der Waals surface area contributed by atoms with Crippen LogP contribution in [0.1, 0.15) is 33.4 Å². The van der Waals surface area contributed by atoms with Crippen LogP contribution in [0.4, 0.5) is 34.1 Å². The Balaban J connectivity index is 1.02. The fourth-order valence-electron chi connectivity index (χ4n) is 14.2. The molecule has 2 heteroatoms. The van der Waals surface area contributed by atoms with Crippen LogP contribution < -0.4 is 9.80 Å². The molecule has 0 N–H and O–H groups in total. The van der Waals surface area contributed by atoms with Gasteiger partial charge >= 0.3 is 0 Å². The second kappa shape index (κ2) is 18.2. The van der Waals surface area contributed by atoms with E-state index in [1.165, 1.54) is 98.7 Å². The number of benzene rings is 14. The highest BCUT2D eigenvalue weighted by atomic mass is 15.1. The van der Waals surface area contributed by atoms with Crippen LogP contribution >= 0.6 is 0 Å². The highest BCUT2D eigenvalue weighted by Gasteiger charge is 2.64. The average Bonchev–Trinajstić information content (AvgIpc) is 4.15. The highest BCUT2D eigenvalue weighted by molar-refractivity contribution is 5.99. The van der Waals surface area contributed by atoms with Gasteiger partial charge in [0.25, 0.3) is 0 Å². The summed E-state index contributed by atoms with van der Waals surface area (Å²) in [5.74, 6) is 0. The highest BCUT2D eigenvalue weighted by Crippen LogP contribution is 2.70. The van der Waals surface area contributed by atoms with E-state index in [1.807, 2.05) is 0 Å². The Morgan fingerprint density at radius 3 is 0.762 bits per heavy atom. The molecular formula is C78H52N2. The van der Waals surface area contributed by atoms with Gasteiger partial charge in [0.05, 0.1) is 10.8 Å². The molecule has 0 bridgehead atoms. The summed E-state index contributed by atoms with van der Waals surface area (Å²) >= 11 is 0. The molecule has 0 fully saturated rings. The molecule has 374 valence electrons. The lowest BCUT2D eigenvalue weighted by molar-refractivity contribution is 0.437. The van der Waals surface area contributed by atoms with Crippen molar-refractivity contribution in [2.24, 2.45) is 0 Å². The summed E-state index contributed by atoms with van der Waals surface area (Å²) in [6, 6.07) is 119. The van der Waals surface area contributed by atoms with Crippen LogP contribution in [0.5, 0.6) is 0 Å². The molecule has 0 amide bonds. The van der Waals surface area contributed by atoms with Gasteiger partial charge in [-0.25, -0.2) is 0 Å². The molecule has 2 aliphatic rings. The molecular weight excluding hydrogens is 965 g/mol. The predicted molar refractivity (Wildman–Crippen MR) is 336 cm³/mol. The van der Waals surface area contributed by atoms with Gasteiger partial charge in [0, 0.05) is 34.1 Å². The van der Waals surface area contributed by atoms with E-state index < -0.39 is 10.8 Å². The van der Waals surface area contributed by atoms with Crippen molar-refractivity contribution in [2.75, 3.05) is 9.80 Å². The molecule has 14 aromatic rings. The van der Waals surface area contributed by atoms with E-state index in [0.29, 0.717) is 0 Å². The molecule has 0 heterocycles. The lowest BCUT2D eigenvalue weighted by Gasteiger charge is -2.51. The van der Waals surface area contributed by atoms with Crippen LogP contribution in [-0.4, -0.2) is 0 Å². The topological polar surface area (TPSA) is 6.48 Å². The van der Waals surface area contributed by atoms with Crippen LogP contribution in [0.15, 0.2) is 315 Å². The zero-order valence-electron chi connectivity index (χ0n) is 43.9. The summed E-state index contributed by atoms with van der Waals surface area (Å²) in [5.41, 5.74) is 17.4. The lowest BCUT2D eigenvalue weighted by atomic mass is 9.49. The number of hydrogen-bond donors (Lipinski definition) is 0. The van der Waals surface area contributed by atoms with Gasteiger partial charge in [-0.1, -0.05) is 243 Å². The van der Waals surface area contributed by atoms with Crippen molar-refractivity contribution in [1.82, 2.24) is 0 Å². The fourth-order valence-corrected chi connectivity index (χ4v) is 14.2. The van der Waals surface area contributed by atoms with Crippen LogP contribution in [0.25, 0.3) is 65.3 Å². The van der Waals surface area contributed by atoms with E-state index in [1.54, 1.807) is 0 Å². The third-order valence-corrected chi connectivity index (χ3v) is 17.5. The molecule has 2 unspecified atom stereocenters. The predicted octanol–water partition coefficient (Wildman–Crippen LogP) is 20.6. The van der Waals surface area contributed by atoms with E-state index in [-0.39, 0.29) is 0 Å². The average molecular weight is 1020 g/mol. The monoisotopic (exact) mass is 1020 g/mol. The zero-order chi connectivity index (χ0) is 52.8. The van der Waals surface area contributed by atoms with Crippen molar-refractivity contribution in [2.45, 2.75) is 10.8 Å². The molecule has 2 aliphatic carbocycles. The molecule has 0 spiro atoms. The number of fused-ring (bicyclic) bond motifs is 10. The summed E-state index contributed by atoms with van der Waals surface area (Å²) < 4.78 is 0. The van der Waals surface area contributed by atoms with Crippen molar-refractivity contribution >= 4 is 77.2 Å². The molecule has 0 aromatic heterocycles. The second-order valence-electron chi connectivity index (χ2n) is 21.6. The number of anilines is 6. The minimum atomic E-state index is -0.841. The van der Waals surface area contributed by atoms with Gasteiger partial charge in [0.2, 0.25) is 0 Å². The van der Waals surface area contributed by atoms with Crippen LogP contribution in [0.3, 0.4) is 0 Å². The Morgan fingerprint density at radius 1 is 0.175 bits per heavy atom. The molecule has 2 atom stereocenters. The Kier molecular flexibility index (Phi) is 10.4. The summed E-state index contributed by atoms with van der Waals surface area (Å²) in [5, 5.41) is 9.64. The fraction of sp³-hybridized carbons (Fsp3) is 0.0256. The maximum atomic E-state index is 2.55. The van der Waals surface area contributed by atoms with Crippen molar-refractivity contribution < 1.29 is 0 Å². The molecule has 16 rings (SSSR count). The SMILES string of the molecule is c1ccc(C2(C3(c4ccccc4)c4ccccc4-c4ccc(N(c5ccc6ccccc6c5)c5ccc6ccccc6c5)cc43)c3ccccc3-c3ccc(N(c4ccc5ccccc5c4)c4ccc5ccccc5c4)cc32)cc1. The second-order valence-corrected chi connectivity index (χ2v) is 21.6. The van der Waals surface area contributed by atoms with Gasteiger partial charge < -0.3 is 9.80 Å². The van der Waals surface area contributed by atoms with Gasteiger partial charge in [-0.05, 0) is 172 Å². The van der Waals surface area contributed by atoms with E-state index in [0.717, 1.165) is 34.1 Å². The number of rotatable bonds is 9. The summed E-state index contributed by atoms with van der Waals surface area (Å²) in [6.45, 7) is 0. The summed E-state index contributed by atoms with van der Waals surface area (Å²) in [4.78, 5) is 4.96. The van der Waals surface area contributed by atoms with Crippen molar-refractivity contribution in [1.29, 1.82) is 0 Å². The van der Waals surface area contributed by atoms with Gasteiger partial charge in [-0.2, -0.15) is 0 Å². The minimum Gasteiger partial charge on any atom is -0.310 e. The van der Waals surface area contributed by atoms with Crippen LogP contribution in [-0.2, 0) is 10.8 Å². The zero-order valence-corrected chi connectivity index (χ0v) is 43.9. The first-order valence-electron chi connectivity index (χ1n) is 27.8. The molecule has 0 radical (unpaired) electrons. The van der Waals surface area contributed by atoms with Crippen LogP contribution in [0.2, 0.25) is 0 Å². The Morgan fingerprint density at radius 2 is 0.425 bits per heavy atom. The Bertz CT molecular complexity index is 4290. The summed E-state index contributed by atoms with van der Waals surface area (Å²) in [6.07, 6.45) is 0. The largest absolute Gasteiger partial charge is 0.310 e. The maximum Gasteiger partial charge on any atom is 0.0642 e. The van der Waals surface area contributed by atoms with Gasteiger partial charge in [0.1, 0.15) is 0 Å². The maximum absolute atomic E-state index is 2.55. The van der Waals surface area contributed by atoms with Gasteiger partial charge in [-0.15, -0.1) is 0 Å². The minimum absolute atomic E-state index is 0.841. The normalized spacial score (nSPS) is 15.8. The Hall–Kier alpha value is -10.3. The van der Waals surface area contributed by atoms with Crippen molar-refractivity contribution in [3.63, 3.8) is 0 Å². The molecule has 80 heavy (non-hydrogen) atoms. The number of hydrogen-bond acceptors (Lipinski definition) is 2. The standard InChI is InChI=1S/C78H52N2/c1-3-27-61(28-4-1)77(73-33-17-15-31-69(73)71-45-43-67(51-75(71)77)79(63-39-35-53-19-7-11-23-57(53)47-63)64-40-36-54-20-8-12-24-58(54)48-64)78(62-29-5-2-6-30-62)74-34-18-16-32-70(74)72-46-44-68(52-76(72)78)80(65-41-37-55-21-9-13-25-59(55)49-65)66-42-38-56-22-10-14-26-60(56)50-66/h1-52H. The molecule has 0 saturated heterocycles. The van der Waals surface area contributed by atoms with E-state index >= 15 is 0 Å². The quantitative estimate of drug-likeness (QED) is 0.142. The van der Waals surface area contributed by atoms with E-state index in [9.17, 15) is 0 Å². The first-order valence-corrected chi connectivity index (χ1v) is 27.8. The Labute approximate surface area is 466 Å². The third kappa shape index (κ3) is 6.79. The molecule has 14 aromatic carbocycles. The van der Waals surface area contributed by atoms with Gasteiger partial charge in [0.15, 0.2) is 0 Å². The molecule has 0 saturated carbocycles. The first kappa shape index (κ1) is 45.9. The van der Waals surface area contributed by atoms with E-state index in [4.69, 9.17) is 0 Å². The number of nitrogens with zero attached hydrogens (tertiary/aromatic N) is 2. The third-order valence-electron chi connectivity index (χ3n) is 17.5. The van der Waals surface area contributed by atoms with Gasteiger partial charge in [-0.3, -0.25) is 0 Å². The van der Waals surface area contributed by atoms with Crippen molar-refractivity contribution in [3.8, 4) is 22.3 Å². The lowest BCUT2D eigenvalue weighted by Crippen LogP contribution is -2.50. The summed E-state index contributed by atoms with van der Waals surface area (Å²) in [7, 11) is 0. The van der Waals surface area contributed by atoms with E-state index in [2.05, 4.69) is 325 Å².